The lowest BCUT2D eigenvalue weighted by Crippen LogP contribution is -2.53. The van der Waals surface area contributed by atoms with Crippen LogP contribution in [0.3, 0.4) is 0 Å². The van der Waals surface area contributed by atoms with Gasteiger partial charge < -0.3 is 10.1 Å². The Morgan fingerprint density at radius 3 is 2.62 bits per heavy atom. The molecule has 0 spiro atoms. The number of hydrogen-bond donors (Lipinski definition) is 2. The first-order chi connectivity index (χ1) is 11.5. The second kappa shape index (κ2) is 6.83. The van der Waals surface area contributed by atoms with E-state index < -0.39 is 5.54 Å². The highest BCUT2D eigenvalue weighted by Crippen LogP contribution is 2.34. The molecular weight excluding hydrogens is 302 g/mol. The summed E-state index contributed by atoms with van der Waals surface area (Å²) in [6.07, 6.45) is 6.84. The predicted octanol–water partition coefficient (Wildman–Crippen LogP) is 3.08. The number of rotatable bonds is 5. The van der Waals surface area contributed by atoms with E-state index in [1.165, 1.54) is 24.2 Å². The number of nitrogens with zero attached hydrogens (tertiary/aromatic N) is 1. The molecule has 0 bridgehead atoms. The largest absolute Gasteiger partial charge is 0.490 e. The van der Waals surface area contributed by atoms with E-state index in [-0.39, 0.29) is 18.5 Å². The zero-order chi connectivity index (χ0) is 17.2. The van der Waals surface area contributed by atoms with Crippen molar-refractivity contribution in [2.24, 2.45) is 5.92 Å². The van der Waals surface area contributed by atoms with Crippen molar-refractivity contribution in [1.82, 2.24) is 10.2 Å². The number of nitrogens with one attached hydrogen (secondary N) is 2. The Morgan fingerprint density at radius 1 is 1.29 bits per heavy atom. The zero-order valence-corrected chi connectivity index (χ0v) is 14.6. The Kier molecular flexibility index (Phi) is 4.78. The van der Waals surface area contributed by atoms with Gasteiger partial charge in [-0.15, -0.1) is 0 Å². The topological polar surface area (TPSA) is 65.4 Å². The number of carbonyl (C=O) groups is 1. The lowest BCUT2D eigenvalue weighted by atomic mass is 9.79. The maximum Gasteiger partial charge on any atom is 0.258 e. The van der Waals surface area contributed by atoms with Crippen LogP contribution in [0.25, 0.3) is 0 Å². The quantitative estimate of drug-likeness (QED) is 0.872. The van der Waals surface area contributed by atoms with Crippen LogP contribution in [0.2, 0.25) is 0 Å². The summed E-state index contributed by atoms with van der Waals surface area (Å²) in [6.45, 7) is 2.26. The van der Waals surface area contributed by atoms with Gasteiger partial charge in [0.25, 0.3) is 5.91 Å². The van der Waals surface area contributed by atoms with Crippen LogP contribution in [-0.4, -0.2) is 36.0 Å². The van der Waals surface area contributed by atoms with Crippen molar-refractivity contribution in [2.45, 2.75) is 51.0 Å². The second-order valence-corrected chi connectivity index (χ2v) is 7.18. The van der Waals surface area contributed by atoms with Crippen molar-refractivity contribution in [2.75, 3.05) is 13.7 Å². The molecule has 1 aliphatic carbocycles. The fourth-order valence-corrected chi connectivity index (χ4v) is 3.89. The van der Waals surface area contributed by atoms with Gasteiger partial charge in [0.1, 0.15) is 12.4 Å². The van der Waals surface area contributed by atoms with Crippen molar-refractivity contribution >= 4 is 11.9 Å². The first-order valence-electron chi connectivity index (χ1n) is 8.85. The number of likely N-dealkylation sites (N-methyl/N-ethyl adjacent to an activating group) is 1. The summed E-state index contributed by atoms with van der Waals surface area (Å²) < 4.78 is 6.03. The third kappa shape index (κ3) is 3.25. The van der Waals surface area contributed by atoms with Gasteiger partial charge in [-0.25, -0.2) is 0 Å². The SMILES string of the molecule is Cc1ccccc1OCC1(CC2CCCCC2)NC(=N)N(C)C1=O. The van der Waals surface area contributed by atoms with Crippen molar-refractivity contribution in [3.8, 4) is 5.75 Å². The van der Waals surface area contributed by atoms with E-state index in [0.717, 1.165) is 30.6 Å². The number of aryl methyl sites for hydroxylation is 1. The fraction of sp³-hybridized carbons (Fsp3) is 0.579. The van der Waals surface area contributed by atoms with Crippen LogP contribution in [0.4, 0.5) is 0 Å². The van der Waals surface area contributed by atoms with E-state index in [1.54, 1.807) is 7.05 Å². The Labute approximate surface area is 143 Å². The van der Waals surface area contributed by atoms with Crippen LogP contribution in [-0.2, 0) is 4.79 Å². The molecule has 2 N–H and O–H groups in total. The van der Waals surface area contributed by atoms with E-state index in [9.17, 15) is 4.79 Å². The molecule has 1 aromatic carbocycles. The molecule has 2 fully saturated rings. The maximum atomic E-state index is 12.9. The summed E-state index contributed by atoms with van der Waals surface area (Å²) in [5.74, 6) is 1.45. The third-order valence-corrected chi connectivity index (χ3v) is 5.34. The monoisotopic (exact) mass is 329 g/mol. The van der Waals surface area contributed by atoms with Gasteiger partial charge in [-0.2, -0.15) is 0 Å². The molecule has 1 amide bonds. The van der Waals surface area contributed by atoms with Crippen LogP contribution in [0.5, 0.6) is 5.75 Å². The van der Waals surface area contributed by atoms with Crippen LogP contribution in [0.15, 0.2) is 24.3 Å². The van der Waals surface area contributed by atoms with Crippen LogP contribution in [0, 0.1) is 18.3 Å². The van der Waals surface area contributed by atoms with E-state index in [1.807, 2.05) is 31.2 Å². The molecule has 1 atom stereocenters. The average molecular weight is 329 g/mol. The molecule has 24 heavy (non-hydrogen) atoms. The third-order valence-electron chi connectivity index (χ3n) is 5.34. The van der Waals surface area contributed by atoms with E-state index in [2.05, 4.69) is 5.32 Å². The number of hydrogen-bond acceptors (Lipinski definition) is 3. The summed E-state index contributed by atoms with van der Waals surface area (Å²) >= 11 is 0. The zero-order valence-electron chi connectivity index (χ0n) is 14.6. The Bertz CT molecular complexity index is 625. The second-order valence-electron chi connectivity index (χ2n) is 7.18. The van der Waals surface area contributed by atoms with Crippen molar-refractivity contribution < 1.29 is 9.53 Å². The first-order valence-corrected chi connectivity index (χ1v) is 8.85. The number of guanidine groups is 1. The minimum atomic E-state index is -0.809. The van der Waals surface area contributed by atoms with Gasteiger partial charge in [-0.1, -0.05) is 50.3 Å². The summed E-state index contributed by atoms with van der Waals surface area (Å²) in [4.78, 5) is 14.3. The van der Waals surface area contributed by atoms with E-state index in [4.69, 9.17) is 10.1 Å². The van der Waals surface area contributed by atoms with Crippen molar-refractivity contribution in [3.05, 3.63) is 29.8 Å². The van der Waals surface area contributed by atoms with Gasteiger partial charge in [0.05, 0.1) is 0 Å². The van der Waals surface area contributed by atoms with Crippen molar-refractivity contribution in [1.29, 1.82) is 5.41 Å². The lowest BCUT2D eigenvalue weighted by Gasteiger charge is -2.32. The summed E-state index contributed by atoms with van der Waals surface area (Å²) in [5, 5.41) is 11.2. The number of amides is 1. The Morgan fingerprint density at radius 2 is 2.00 bits per heavy atom. The number of ether oxygens (including phenoxy) is 1. The molecule has 1 heterocycles. The van der Waals surface area contributed by atoms with Gasteiger partial charge in [0, 0.05) is 7.05 Å². The first kappa shape index (κ1) is 16.8. The maximum absolute atomic E-state index is 12.9. The highest BCUT2D eigenvalue weighted by molar-refractivity contribution is 6.07. The Balaban J connectivity index is 1.78. The van der Waals surface area contributed by atoms with Gasteiger partial charge in [-0.3, -0.25) is 15.1 Å². The van der Waals surface area contributed by atoms with Gasteiger partial charge >= 0.3 is 0 Å². The van der Waals surface area contributed by atoms with Crippen LogP contribution in [0.1, 0.15) is 44.1 Å². The molecule has 1 aromatic rings. The minimum absolute atomic E-state index is 0.0494. The molecule has 1 aliphatic heterocycles. The molecule has 0 radical (unpaired) electrons. The number of benzene rings is 1. The fourth-order valence-electron chi connectivity index (χ4n) is 3.89. The smallest absolute Gasteiger partial charge is 0.258 e. The minimum Gasteiger partial charge on any atom is -0.490 e. The molecule has 1 saturated carbocycles. The van der Waals surface area contributed by atoms with E-state index >= 15 is 0 Å². The Hall–Kier alpha value is -2.04. The van der Waals surface area contributed by atoms with Gasteiger partial charge in [0.2, 0.25) is 0 Å². The average Bonchev–Trinajstić information content (AvgIpc) is 2.79. The molecule has 5 nitrogen and oxygen atoms in total. The molecule has 130 valence electrons. The predicted molar refractivity (Wildman–Crippen MR) is 94.2 cm³/mol. The lowest BCUT2D eigenvalue weighted by molar-refractivity contribution is -0.132. The van der Waals surface area contributed by atoms with Crippen molar-refractivity contribution in [3.63, 3.8) is 0 Å². The summed E-state index contributed by atoms with van der Waals surface area (Å²) in [6, 6.07) is 7.84. The summed E-state index contributed by atoms with van der Waals surface area (Å²) in [5.41, 5.74) is 0.245. The molecule has 1 saturated heterocycles. The molecule has 0 aromatic heterocycles. The van der Waals surface area contributed by atoms with Gasteiger partial charge in [0.15, 0.2) is 11.5 Å². The number of carbonyl (C=O) groups excluding carboxylic acids is 1. The van der Waals surface area contributed by atoms with Gasteiger partial charge in [-0.05, 0) is 30.9 Å². The number of para-hydroxylation sites is 1. The summed E-state index contributed by atoms with van der Waals surface area (Å²) in [7, 11) is 1.66. The standard InChI is InChI=1S/C19H27N3O2/c1-14-8-6-7-11-16(14)24-13-19(12-15-9-4-3-5-10-15)17(23)22(2)18(20)21-19/h6-8,11,15H,3-5,9-10,12-13H2,1-2H3,(H2,20,21). The molecule has 1 unspecified atom stereocenters. The molecule has 5 heteroatoms. The van der Waals surface area contributed by atoms with Crippen LogP contribution >= 0.6 is 0 Å². The van der Waals surface area contributed by atoms with Crippen LogP contribution < -0.4 is 10.1 Å². The van der Waals surface area contributed by atoms with E-state index in [0.29, 0.717) is 5.92 Å². The highest BCUT2D eigenvalue weighted by Gasteiger charge is 2.50. The molecule has 3 rings (SSSR count). The molecular formula is C19H27N3O2. The normalized spacial score (nSPS) is 25.0. The highest BCUT2D eigenvalue weighted by atomic mass is 16.5. The molecule has 2 aliphatic rings.